The van der Waals surface area contributed by atoms with Gasteiger partial charge in [0.1, 0.15) is 17.6 Å². The van der Waals surface area contributed by atoms with Crippen molar-refractivity contribution in [1.29, 1.82) is 0 Å². The Bertz CT molecular complexity index is 694. The molecular formula is C19H30N6O3. The largest absolute Gasteiger partial charge is 0.368 e. The third-order valence-electron chi connectivity index (χ3n) is 6.68. The Kier molecular flexibility index (Phi) is 5.05. The first-order chi connectivity index (χ1) is 13.4. The number of hydrogen-bond donors (Lipinski definition) is 3. The van der Waals surface area contributed by atoms with E-state index in [-0.39, 0.29) is 23.8 Å². The molecule has 0 spiro atoms. The van der Waals surface area contributed by atoms with Gasteiger partial charge >= 0.3 is 0 Å². The summed E-state index contributed by atoms with van der Waals surface area (Å²) >= 11 is 0. The van der Waals surface area contributed by atoms with Crippen molar-refractivity contribution in [2.75, 3.05) is 26.2 Å². The Balaban J connectivity index is 1.40. The predicted molar refractivity (Wildman–Crippen MR) is 102 cm³/mol. The summed E-state index contributed by atoms with van der Waals surface area (Å²) in [5.74, 6) is -0.362. The highest BCUT2D eigenvalue weighted by Crippen LogP contribution is 2.32. The molecule has 0 aromatic heterocycles. The number of piperidine rings is 2. The number of likely N-dealkylation sites (tertiary alicyclic amines) is 2. The fourth-order valence-corrected chi connectivity index (χ4v) is 5.05. The van der Waals surface area contributed by atoms with Crippen LogP contribution in [0.4, 0.5) is 0 Å². The van der Waals surface area contributed by atoms with Gasteiger partial charge < -0.3 is 21.0 Å². The van der Waals surface area contributed by atoms with E-state index < -0.39 is 11.6 Å². The van der Waals surface area contributed by atoms with Gasteiger partial charge in [-0.05, 0) is 45.7 Å². The first-order valence-electron chi connectivity index (χ1n) is 10.3. The first-order valence-corrected chi connectivity index (χ1v) is 10.3. The van der Waals surface area contributed by atoms with Gasteiger partial charge in [0.25, 0.3) is 0 Å². The lowest BCUT2D eigenvalue weighted by Crippen LogP contribution is -2.64. The maximum Gasteiger partial charge on any atom is 0.248 e. The molecule has 28 heavy (non-hydrogen) atoms. The second-order valence-electron chi connectivity index (χ2n) is 8.41. The molecule has 4 aliphatic heterocycles. The number of primary amides is 1. The predicted octanol–water partition coefficient (Wildman–Crippen LogP) is -0.743. The zero-order valence-electron chi connectivity index (χ0n) is 16.4. The first kappa shape index (κ1) is 19.2. The summed E-state index contributed by atoms with van der Waals surface area (Å²) in [5, 5.41) is 4.55. The van der Waals surface area contributed by atoms with Crippen LogP contribution in [0.1, 0.15) is 45.4 Å². The van der Waals surface area contributed by atoms with Crippen molar-refractivity contribution in [2.24, 2.45) is 5.73 Å². The lowest BCUT2D eigenvalue weighted by atomic mass is 9.83. The summed E-state index contributed by atoms with van der Waals surface area (Å²) in [6, 6.07) is -0.783. The second kappa shape index (κ2) is 7.36. The van der Waals surface area contributed by atoms with Gasteiger partial charge in [-0.2, -0.15) is 0 Å². The van der Waals surface area contributed by atoms with Crippen LogP contribution >= 0.6 is 0 Å². The zero-order chi connectivity index (χ0) is 19.9. The van der Waals surface area contributed by atoms with Crippen LogP contribution in [0.15, 0.2) is 11.9 Å². The second-order valence-corrected chi connectivity index (χ2v) is 8.41. The van der Waals surface area contributed by atoms with Crippen molar-refractivity contribution in [1.82, 2.24) is 25.6 Å². The van der Waals surface area contributed by atoms with Crippen molar-refractivity contribution < 1.29 is 14.4 Å². The molecule has 4 rings (SSSR count). The molecule has 0 aliphatic carbocycles. The van der Waals surface area contributed by atoms with E-state index in [1.54, 1.807) is 5.01 Å². The van der Waals surface area contributed by atoms with Gasteiger partial charge in [0.15, 0.2) is 0 Å². The molecular weight excluding hydrogens is 360 g/mol. The Morgan fingerprint density at radius 3 is 2.46 bits per heavy atom. The van der Waals surface area contributed by atoms with Gasteiger partial charge in [-0.1, -0.05) is 6.42 Å². The molecule has 3 fully saturated rings. The Hall–Kier alpha value is -2.13. The Morgan fingerprint density at radius 2 is 1.82 bits per heavy atom. The van der Waals surface area contributed by atoms with Gasteiger partial charge in [-0.25, -0.2) is 5.43 Å². The molecule has 3 saturated heterocycles. The van der Waals surface area contributed by atoms with Crippen molar-refractivity contribution in [3.05, 3.63) is 11.9 Å². The number of fused-ring (bicyclic) bond motifs is 1. The smallest absolute Gasteiger partial charge is 0.248 e. The van der Waals surface area contributed by atoms with Crippen LogP contribution in [0.2, 0.25) is 0 Å². The van der Waals surface area contributed by atoms with E-state index in [1.165, 1.54) is 6.42 Å². The molecule has 0 aromatic rings. The minimum atomic E-state index is -0.627. The minimum Gasteiger partial charge on any atom is -0.368 e. The quantitative estimate of drug-likeness (QED) is 0.585. The lowest BCUT2D eigenvalue weighted by molar-refractivity contribution is -0.143. The van der Waals surface area contributed by atoms with E-state index in [2.05, 4.69) is 15.6 Å². The van der Waals surface area contributed by atoms with Crippen LogP contribution in [0.25, 0.3) is 0 Å². The zero-order valence-corrected chi connectivity index (χ0v) is 16.4. The van der Waals surface area contributed by atoms with Crippen LogP contribution in [-0.2, 0) is 14.4 Å². The molecule has 4 N–H and O–H groups in total. The molecule has 2 atom stereocenters. The van der Waals surface area contributed by atoms with Crippen molar-refractivity contribution >= 4 is 17.7 Å². The Labute approximate surface area is 165 Å². The molecule has 2 unspecified atom stereocenters. The SMILES string of the molecule is CC1=CN2NC(C(=O)N3CCC(C(N)=O)(N4CCCCC4)CC3)CC2C(=O)N1. The van der Waals surface area contributed by atoms with Gasteiger partial charge in [-0.15, -0.1) is 0 Å². The highest BCUT2D eigenvalue weighted by molar-refractivity contribution is 5.89. The van der Waals surface area contributed by atoms with Crippen molar-refractivity contribution in [3.63, 3.8) is 0 Å². The number of carbonyl (C=O) groups is 3. The number of hydrogen-bond acceptors (Lipinski definition) is 6. The molecule has 3 amide bonds. The highest BCUT2D eigenvalue weighted by atomic mass is 16.2. The summed E-state index contributed by atoms with van der Waals surface area (Å²) in [4.78, 5) is 41.6. The number of rotatable bonds is 3. The summed E-state index contributed by atoms with van der Waals surface area (Å²) < 4.78 is 0. The van der Waals surface area contributed by atoms with Gasteiger partial charge in [0, 0.05) is 31.4 Å². The molecule has 0 radical (unpaired) electrons. The summed E-state index contributed by atoms with van der Waals surface area (Å²) in [5.41, 5.74) is 9.12. The van der Waals surface area contributed by atoms with E-state index in [0.717, 1.165) is 31.6 Å². The van der Waals surface area contributed by atoms with E-state index in [9.17, 15) is 14.4 Å². The molecule has 4 heterocycles. The van der Waals surface area contributed by atoms with E-state index in [4.69, 9.17) is 5.73 Å². The number of nitrogens with one attached hydrogen (secondary N) is 2. The van der Waals surface area contributed by atoms with Crippen LogP contribution in [0.5, 0.6) is 0 Å². The summed E-state index contributed by atoms with van der Waals surface area (Å²) in [6.07, 6.45) is 6.80. The van der Waals surface area contributed by atoms with Crippen LogP contribution < -0.4 is 16.5 Å². The number of carbonyl (C=O) groups excluding carboxylic acids is 3. The average molecular weight is 390 g/mol. The fraction of sp³-hybridized carbons (Fsp3) is 0.737. The fourth-order valence-electron chi connectivity index (χ4n) is 5.05. The third kappa shape index (κ3) is 3.26. The van der Waals surface area contributed by atoms with E-state index in [0.29, 0.717) is 32.4 Å². The van der Waals surface area contributed by atoms with Crippen LogP contribution in [0, 0.1) is 0 Å². The monoisotopic (exact) mass is 390 g/mol. The number of allylic oxidation sites excluding steroid dienone is 1. The van der Waals surface area contributed by atoms with Crippen LogP contribution in [-0.4, -0.2) is 76.3 Å². The van der Waals surface area contributed by atoms with Crippen molar-refractivity contribution in [3.8, 4) is 0 Å². The third-order valence-corrected chi connectivity index (χ3v) is 6.68. The van der Waals surface area contributed by atoms with Gasteiger partial charge in [-0.3, -0.25) is 19.3 Å². The maximum atomic E-state index is 13.0. The number of nitrogens with two attached hydrogens (primary N) is 1. The number of hydrazine groups is 1. The average Bonchev–Trinajstić information content (AvgIpc) is 3.12. The molecule has 9 nitrogen and oxygen atoms in total. The van der Waals surface area contributed by atoms with E-state index in [1.807, 2.05) is 18.0 Å². The van der Waals surface area contributed by atoms with Gasteiger partial charge in [0.2, 0.25) is 17.7 Å². The topological polar surface area (TPSA) is 111 Å². The summed E-state index contributed by atoms with van der Waals surface area (Å²) in [6.45, 7) is 4.65. The number of nitrogens with zero attached hydrogens (tertiary/aromatic N) is 3. The maximum absolute atomic E-state index is 13.0. The molecule has 154 valence electrons. The normalized spacial score (nSPS) is 30.5. The van der Waals surface area contributed by atoms with Crippen LogP contribution in [0.3, 0.4) is 0 Å². The standard InChI is InChI=1S/C19H30N6O3/c1-13-12-25-15(16(26)21-13)11-14(22-25)17(27)23-9-5-19(6-10-23,18(20)28)24-7-3-2-4-8-24/h12,14-15,22H,2-11H2,1H3,(H2,20,28)(H,21,26). The highest BCUT2D eigenvalue weighted by Gasteiger charge is 2.48. The minimum absolute atomic E-state index is 0.00929. The van der Waals surface area contributed by atoms with Gasteiger partial charge in [0.05, 0.1) is 0 Å². The molecule has 0 aromatic carbocycles. The Morgan fingerprint density at radius 1 is 1.14 bits per heavy atom. The lowest BCUT2D eigenvalue weighted by Gasteiger charge is -2.48. The van der Waals surface area contributed by atoms with Crippen molar-refractivity contribution in [2.45, 2.75) is 63.1 Å². The molecule has 9 heteroatoms. The molecule has 0 bridgehead atoms. The van der Waals surface area contributed by atoms with E-state index >= 15 is 0 Å². The number of amides is 3. The molecule has 0 saturated carbocycles. The summed E-state index contributed by atoms with van der Waals surface area (Å²) in [7, 11) is 0. The molecule has 4 aliphatic rings.